The average Bonchev–Trinajstić information content (AvgIpc) is 2.59. The summed E-state index contributed by atoms with van der Waals surface area (Å²) in [6, 6.07) is 0. The lowest BCUT2D eigenvalue weighted by Crippen LogP contribution is -2.61. The minimum atomic E-state index is -1.03. The van der Waals surface area contributed by atoms with E-state index in [0.29, 0.717) is 6.61 Å². The van der Waals surface area contributed by atoms with Crippen LogP contribution in [0, 0.1) is 23.2 Å². The van der Waals surface area contributed by atoms with Crippen LogP contribution in [-0.2, 0) is 14.3 Å². The monoisotopic (exact) mass is 234 g/mol. The van der Waals surface area contributed by atoms with Crippen molar-refractivity contribution in [3.63, 3.8) is 0 Å². The molecule has 3 nitrogen and oxygen atoms in total. The summed E-state index contributed by atoms with van der Waals surface area (Å²) < 4.78 is 11.3. The number of hydrogen-bond acceptors (Lipinski definition) is 3. The van der Waals surface area contributed by atoms with Gasteiger partial charge in [-0.25, -0.2) is 0 Å². The molecule has 0 aromatic rings. The SMILES string of the molecule is C=C[C@H]1[C@H]2C=C(C)[C@@H]3[C@@](OC)(OC[C@@]31C)C2=O. The van der Waals surface area contributed by atoms with Gasteiger partial charge < -0.3 is 9.47 Å². The number of ether oxygens (including phenoxy) is 2. The van der Waals surface area contributed by atoms with E-state index in [1.807, 2.05) is 6.08 Å². The van der Waals surface area contributed by atoms with Gasteiger partial charge in [0.05, 0.1) is 6.61 Å². The molecule has 4 aliphatic rings. The number of hydrogen-bond donors (Lipinski definition) is 0. The van der Waals surface area contributed by atoms with E-state index in [1.54, 1.807) is 7.11 Å². The molecule has 0 unspecified atom stereocenters. The minimum Gasteiger partial charge on any atom is -0.346 e. The molecular formula is C14H18O3. The van der Waals surface area contributed by atoms with Crippen LogP contribution >= 0.6 is 0 Å². The third kappa shape index (κ3) is 0.987. The van der Waals surface area contributed by atoms with Gasteiger partial charge in [-0.3, -0.25) is 4.79 Å². The second kappa shape index (κ2) is 3.09. The van der Waals surface area contributed by atoms with Crippen molar-refractivity contribution in [2.75, 3.05) is 13.7 Å². The molecule has 3 heteroatoms. The quantitative estimate of drug-likeness (QED) is 0.685. The summed E-state index contributed by atoms with van der Waals surface area (Å²) in [4.78, 5) is 12.5. The predicted octanol–water partition coefficient (Wildman–Crippen LogP) is 1.94. The van der Waals surface area contributed by atoms with Crippen LogP contribution < -0.4 is 0 Å². The van der Waals surface area contributed by atoms with Crippen molar-refractivity contribution >= 4 is 5.78 Å². The molecule has 4 bridgehead atoms. The third-order valence-corrected chi connectivity index (χ3v) is 4.89. The first-order valence-electron chi connectivity index (χ1n) is 6.05. The van der Waals surface area contributed by atoms with E-state index in [0.717, 1.165) is 0 Å². The Morgan fingerprint density at radius 3 is 2.94 bits per heavy atom. The van der Waals surface area contributed by atoms with Gasteiger partial charge in [0.1, 0.15) is 0 Å². The third-order valence-electron chi connectivity index (χ3n) is 4.89. The van der Waals surface area contributed by atoms with Crippen molar-refractivity contribution in [2.24, 2.45) is 23.2 Å². The average molecular weight is 234 g/mol. The van der Waals surface area contributed by atoms with E-state index in [1.165, 1.54) is 5.57 Å². The number of methoxy groups -OCH3 is 1. The summed E-state index contributed by atoms with van der Waals surface area (Å²) in [5.74, 6) is -0.909. The molecule has 0 radical (unpaired) electrons. The molecule has 0 spiro atoms. The second-order valence-electron chi connectivity index (χ2n) is 5.66. The molecule has 4 rings (SSSR count). The lowest BCUT2D eigenvalue weighted by Gasteiger charge is -2.52. The molecule has 2 fully saturated rings. The molecule has 1 aliphatic heterocycles. The fraction of sp³-hybridized carbons (Fsp3) is 0.643. The van der Waals surface area contributed by atoms with Gasteiger partial charge in [0.25, 0.3) is 0 Å². The molecule has 1 saturated heterocycles. The topological polar surface area (TPSA) is 35.5 Å². The Kier molecular flexibility index (Phi) is 2.03. The van der Waals surface area contributed by atoms with Gasteiger partial charge in [0, 0.05) is 24.4 Å². The van der Waals surface area contributed by atoms with Crippen LogP contribution in [0.25, 0.3) is 0 Å². The zero-order valence-corrected chi connectivity index (χ0v) is 10.5. The maximum atomic E-state index is 12.5. The van der Waals surface area contributed by atoms with Crippen molar-refractivity contribution in [1.82, 2.24) is 0 Å². The van der Waals surface area contributed by atoms with Crippen molar-refractivity contribution < 1.29 is 14.3 Å². The van der Waals surface area contributed by atoms with Gasteiger partial charge in [0.15, 0.2) is 5.78 Å². The highest BCUT2D eigenvalue weighted by Gasteiger charge is 2.71. The van der Waals surface area contributed by atoms with Gasteiger partial charge in [-0.2, -0.15) is 0 Å². The van der Waals surface area contributed by atoms with Crippen LogP contribution in [0.5, 0.6) is 0 Å². The molecule has 1 heterocycles. The standard InChI is InChI=1S/C14H18O3/c1-5-10-9-6-8(2)11-13(10,3)7-17-14(11,16-4)12(9)15/h5-6,9-11H,1,7H2,2-4H3/t9-,10+,11+,13-,14-/m1/s1. The van der Waals surface area contributed by atoms with E-state index in [4.69, 9.17) is 9.47 Å². The molecule has 1 saturated carbocycles. The number of ketones is 1. The molecule has 17 heavy (non-hydrogen) atoms. The summed E-state index contributed by atoms with van der Waals surface area (Å²) in [7, 11) is 1.57. The Morgan fingerprint density at radius 2 is 2.35 bits per heavy atom. The Morgan fingerprint density at radius 1 is 1.65 bits per heavy atom. The van der Waals surface area contributed by atoms with E-state index in [2.05, 4.69) is 26.5 Å². The van der Waals surface area contributed by atoms with Gasteiger partial charge in [-0.05, 0) is 12.8 Å². The van der Waals surface area contributed by atoms with Crippen LogP contribution in [0.3, 0.4) is 0 Å². The largest absolute Gasteiger partial charge is 0.346 e. The molecule has 92 valence electrons. The van der Waals surface area contributed by atoms with E-state index >= 15 is 0 Å². The zero-order valence-electron chi connectivity index (χ0n) is 10.5. The molecule has 0 aromatic heterocycles. The first-order valence-corrected chi connectivity index (χ1v) is 6.05. The highest BCUT2D eigenvalue weighted by Crippen LogP contribution is 2.63. The lowest BCUT2D eigenvalue weighted by molar-refractivity contribution is -0.219. The first kappa shape index (κ1) is 11.2. The van der Waals surface area contributed by atoms with E-state index < -0.39 is 5.79 Å². The van der Waals surface area contributed by atoms with Gasteiger partial charge in [-0.1, -0.05) is 24.6 Å². The molecule has 0 N–H and O–H groups in total. The Hall–Kier alpha value is -0.930. The Balaban J connectivity index is 2.24. The van der Waals surface area contributed by atoms with Crippen LogP contribution in [0.1, 0.15) is 13.8 Å². The highest BCUT2D eigenvalue weighted by atomic mass is 16.7. The molecule has 0 aromatic carbocycles. The van der Waals surface area contributed by atoms with Crippen LogP contribution in [0.2, 0.25) is 0 Å². The van der Waals surface area contributed by atoms with E-state index in [-0.39, 0.29) is 29.0 Å². The molecular weight excluding hydrogens is 216 g/mol. The normalized spacial score (nSPS) is 51.6. The number of Topliss-reactive ketones (excluding diaryl/α,β-unsaturated/α-hetero) is 1. The smallest absolute Gasteiger partial charge is 0.236 e. The number of carbonyl (C=O) groups excluding carboxylic acids is 1. The van der Waals surface area contributed by atoms with Crippen LogP contribution in [0.15, 0.2) is 24.3 Å². The van der Waals surface area contributed by atoms with Crippen LogP contribution in [0.4, 0.5) is 0 Å². The van der Waals surface area contributed by atoms with Crippen molar-refractivity contribution in [3.8, 4) is 0 Å². The summed E-state index contributed by atoms with van der Waals surface area (Å²) in [5, 5.41) is 0. The first-order chi connectivity index (χ1) is 8.01. The van der Waals surface area contributed by atoms with Crippen molar-refractivity contribution in [3.05, 3.63) is 24.3 Å². The number of rotatable bonds is 2. The molecule has 3 aliphatic carbocycles. The predicted molar refractivity (Wildman–Crippen MR) is 63.2 cm³/mol. The Bertz CT molecular complexity index is 439. The Labute approximate surface area is 101 Å². The highest BCUT2D eigenvalue weighted by molar-refractivity contribution is 5.94. The van der Waals surface area contributed by atoms with Crippen molar-refractivity contribution in [2.45, 2.75) is 19.6 Å². The summed E-state index contributed by atoms with van der Waals surface area (Å²) >= 11 is 0. The number of carbonyl (C=O) groups is 1. The zero-order chi connectivity index (χ0) is 12.4. The maximum Gasteiger partial charge on any atom is 0.236 e. The molecule has 0 amide bonds. The fourth-order valence-corrected chi connectivity index (χ4v) is 4.24. The summed E-state index contributed by atoms with van der Waals surface area (Å²) in [6.45, 7) is 8.72. The van der Waals surface area contributed by atoms with Crippen molar-refractivity contribution in [1.29, 1.82) is 0 Å². The number of allylic oxidation sites excluding steroid dienone is 2. The van der Waals surface area contributed by atoms with Crippen LogP contribution in [-0.4, -0.2) is 25.3 Å². The summed E-state index contributed by atoms with van der Waals surface area (Å²) in [5.41, 5.74) is 1.16. The van der Waals surface area contributed by atoms with E-state index in [9.17, 15) is 4.79 Å². The fourth-order valence-electron chi connectivity index (χ4n) is 4.24. The minimum absolute atomic E-state index is 0.0282. The lowest BCUT2D eigenvalue weighted by atomic mass is 9.51. The molecule has 5 atom stereocenters. The maximum absolute atomic E-state index is 12.5. The van der Waals surface area contributed by atoms with Gasteiger partial charge >= 0.3 is 0 Å². The summed E-state index contributed by atoms with van der Waals surface area (Å²) in [6.07, 6.45) is 3.99. The van der Waals surface area contributed by atoms with Gasteiger partial charge in [0.2, 0.25) is 5.79 Å². The van der Waals surface area contributed by atoms with Gasteiger partial charge in [-0.15, -0.1) is 6.58 Å². The second-order valence-corrected chi connectivity index (χ2v) is 5.66.